The molecule has 27 heavy (non-hydrogen) atoms. The standard InChI is InChI=1S/C14H21NO2.C6H6O3S/c1-12-6-5-7-13(10-12)11-17-14(16)8-3-2-4-9-15;7-10(8,9)6-4-2-1-3-5-6/h5-7,10H,2-4,8-9,11,15H2,1H3;1-5H,(H,7,8,9). The van der Waals surface area contributed by atoms with E-state index in [1.54, 1.807) is 18.2 Å². The molecule has 0 atom stereocenters. The predicted octanol–water partition coefficient (Wildman–Crippen LogP) is 3.49. The Hall–Kier alpha value is -2.22. The lowest BCUT2D eigenvalue weighted by molar-refractivity contribution is -0.145. The minimum atomic E-state index is -4.00. The third kappa shape index (κ3) is 10.5. The number of nitrogens with two attached hydrogens (primary N) is 1. The Bertz CT molecular complexity index is 791. The molecule has 2 aromatic carbocycles. The van der Waals surface area contributed by atoms with E-state index in [9.17, 15) is 13.2 Å². The molecule has 0 saturated heterocycles. The molecule has 0 fully saturated rings. The van der Waals surface area contributed by atoms with E-state index in [0.29, 0.717) is 19.6 Å². The number of esters is 1. The van der Waals surface area contributed by atoms with Crippen molar-refractivity contribution in [2.24, 2.45) is 5.73 Å². The second-order valence-corrected chi connectivity index (χ2v) is 7.46. The summed E-state index contributed by atoms with van der Waals surface area (Å²) in [4.78, 5) is 11.3. The normalized spacial score (nSPS) is 10.6. The van der Waals surface area contributed by atoms with Gasteiger partial charge in [-0.15, -0.1) is 0 Å². The van der Waals surface area contributed by atoms with Crippen LogP contribution >= 0.6 is 0 Å². The van der Waals surface area contributed by atoms with Gasteiger partial charge in [-0.3, -0.25) is 9.35 Å². The first-order valence-corrected chi connectivity index (χ1v) is 10.2. The second kappa shape index (κ2) is 12.2. The first-order chi connectivity index (χ1) is 12.8. The Balaban J connectivity index is 0.000000309. The van der Waals surface area contributed by atoms with Crippen molar-refractivity contribution in [1.82, 2.24) is 0 Å². The molecule has 0 bridgehead atoms. The van der Waals surface area contributed by atoms with Gasteiger partial charge in [-0.25, -0.2) is 0 Å². The largest absolute Gasteiger partial charge is 0.461 e. The van der Waals surface area contributed by atoms with Crippen molar-refractivity contribution in [2.45, 2.75) is 44.1 Å². The van der Waals surface area contributed by atoms with Crippen molar-refractivity contribution in [3.8, 4) is 0 Å². The first-order valence-electron chi connectivity index (χ1n) is 8.76. The number of carbonyl (C=O) groups is 1. The number of ether oxygens (including phenoxy) is 1. The monoisotopic (exact) mass is 393 g/mol. The van der Waals surface area contributed by atoms with Crippen LogP contribution in [0.15, 0.2) is 59.5 Å². The summed E-state index contributed by atoms with van der Waals surface area (Å²) in [6.45, 7) is 3.09. The van der Waals surface area contributed by atoms with Crippen molar-refractivity contribution in [1.29, 1.82) is 0 Å². The van der Waals surface area contributed by atoms with Crippen LogP contribution in [0.3, 0.4) is 0 Å². The Labute approximate surface area is 161 Å². The fourth-order valence-corrected chi connectivity index (χ4v) is 2.72. The van der Waals surface area contributed by atoms with E-state index >= 15 is 0 Å². The summed E-state index contributed by atoms with van der Waals surface area (Å²) in [7, 11) is -4.00. The van der Waals surface area contributed by atoms with Crippen molar-refractivity contribution < 1.29 is 22.5 Å². The van der Waals surface area contributed by atoms with Crippen LogP contribution in [0.2, 0.25) is 0 Å². The number of hydrogen-bond donors (Lipinski definition) is 2. The highest BCUT2D eigenvalue weighted by molar-refractivity contribution is 7.85. The molecule has 0 amide bonds. The Morgan fingerprint density at radius 3 is 2.30 bits per heavy atom. The maximum absolute atomic E-state index is 11.4. The van der Waals surface area contributed by atoms with Gasteiger partial charge in [-0.2, -0.15) is 8.42 Å². The van der Waals surface area contributed by atoms with Gasteiger partial charge in [0.1, 0.15) is 6.61 Å². The van der Waals surface area contributed by atoms with Crippen molar-refractivity contribution >= 4 is 16.1 Å². The summed E-state index contributed by atoms with van der Waals surface area (Å²) in [5.74, 6) is -0.122. The Kier molecular flexibility index (Phi) is 10.3. The molecule has 2 rings (SSSR count). The molecule has 0 spiro atoms. The molecule has 7 heteroatoms. The van der Waals surface area contributed by atoms with Gasteiger partial charge in [0.25, 0.3) is 10.1 Å². The highest BCUT2D eigenvalue weighted by atomic mass is 32.2. The van der Waals surface area contributed by atoms with Crippen LogP contribution in [0.5, 0.6) is 0 Å². The lowest BCUT2D eigenvalue weighted by atomic mass is 10.1. The van der Waals surface area contributed by atoms with Crippen LogP contribution in [0.4, 0.5) is 0 Å². The van der Waals surface area contributed by atoms with Gasteiger partial charge in [0.05, 0.1) is 4.90 Å². The average Bonchev–Trinajstić information content (AvgIpc) is 2.64. The molecule has 0 aliphatic heterocycles. The molecule has 6 nitrogen and oxygen atoms in total. The third-order valence-corrected chi connectivity index (χ3v) is 4.48. The molecule has 0 unspecified atom stereocenters. The van der Waals surface area contributed by atoms with Gasteiger partial charge in [-0.05, 0) is 44.0 Å². The van der Waals surface area contributed by atoms with Crippen LogP contribution in [0, 0.1) is 6.92 Å². The van der Waals surface area contributed by atoms with Crippen molar-refractivity contribution in [3.05, 3.63) is 65.7 Å². The van der Waals surface area contributed by atoms with E-state index in [1.807, 2.05) is 31.2 Å². The number of carbonyl (C=O) groups excluding carboxylic acids is 1. The van der Waals surface area contributed by atoms with Crippen LogP contribution in [-0.2, 0) is 26.3 Å². The molecule has 0 aliphatic carbocycles. The van der Waals surface area contributed by atoms with E-state index in [-0.39, 0.29) is 10.9 Å². The lowest BCUT2D eigenvalue weighted by Crippen LogP contribution is -2.05. The molecule has 2 aromatic rings. The molecular formula is C20H27NO5S. The van der Waals surface area contributed by atoms with Gasteiger partial charge in [0.2, 0.25) is 0 Å². The smallest absolute Gasteiger partial charge is 0.306 e. The van der Waals surface area contributed by atoms with E-state index in [4.69, 9.17) is 15.0 Å². The fraction of sp³-hybridized carbons (Fsp3) is 0.350. The second-order valence-electron chi connectivity index (χ2n) is 6.04. The fourth-order valence-electron chi connectivity index (χ4n) is 2.22. The molecule has 0 radical (unpaired) electrons. The third-order valence-electron chi connectivity index (χ3n) is 3.61. The highest BCUT2D eigenvalue weighted by Crippen LogP contribution is 2.07. The zero-order valence-corrected chi connectivity index (χ0v) is 16.3. The van der Waals surface area contributed by atoms with Crippen LogP contribution < -0.4 is 5.73 Å². The van der Waals surface area contributed by atoms with Crippen LogP contribution in [0.1, 0.15) is 36.8 Å². The number of aryl methyl sites for hydroxylation is 1. The Morgan fingerprint density at radius 1 is 1.04 bits per heavy atom. The van der Waals surface area contributed by atoms with Gasteiger partial charge in [-0.1, -0.05) is 54.4 Å². The van der Waals surface area contributed by atoms with E-state index in [1.165, 1.54) is 17.7 Å². The van der Waals surface area contributed by atoms with Crippen molar-refractivity contribution in [2.75, 3.05) is 6.54 Å². The average molecular weight is 394 g/mol. The summed E-state index contributed by atoms with van der Waals surface area (Å²) in [6, 6.07) is 15.4. The van der Waals surface area contributed by atoms with Gasteiger partial charge in [0.15, 0.2) is 0 Å². The summed E-state index contributed by atoms with van der Waals surface area (Å²) in [6.07, 6.45) is 3.33. The zero-order chi connectivity index (χ0) is 20.1. The Morgan fingerprint density at radius 2 is 1.74 bits per heavy atom. The van der Waals surface area contributed by atoms with E-state index < -0.39 is 10.1 Å². The summed E-state index contributed by atoms with van der Waals surface area (Å²) in [5.41, 5.74) is 7.60. The summed E-state index contributed by atoms with van der Waals surface area (Å²) < 4.78 is 34.4. The number of rotatable bonds is 8. The van der Waals surface area contributed by atoms with Crippen LogP contribution in [0.25, 0.3) is 0 Å². The highest BCUT2D eigenvalue weighted by Gasteiger charge is 2.05. The number of hydrogen-bond acceptors (Lipinski definition) is 5. The predicted molar refractivity (Wildman–Crippen MR) is 105 cm³/mol. The number of unbranched alkanes of at least 4 members (excludes halogenated alkanes) is 2. The van der Waals surface area contributed by atoms with Crippen molar-refractivity contribution in [3.63, 3.8) is 0 Å². The summed E-state index contributed by atoms with van der Waals surface area (Å²) >= 11 is 0. The maximum Gasteiger partial charge on any atom is 0.306 e. The lowest BCUT2D eigenvalue weighted by Gasteiger charge is -2.05. The van der Waals surface area contributed by atoms with Gasteiger partial charge >= 0.3 is 5.97 Å². The minimum Gasteiger partial charge on any atom is -0.461 e. The maximum atomic E-state index is 11.4. The molecular weight excluding hydrogens is 366 g/mol. The summed E-state index contributed by atoms with van der Waals surface area (Å²) in [5, 5.41) is 0. The topological polar surface area (TPSA) is 107 Å². The van der Waals surface area contributed by atoms with Crippen LogP contribution in [-0.4, -0.2) is 25.5 Å². The quantitative estimate of drug-likeness (QED) is 0.404. The number of benzene rings is 2. The van der Waals surface area contributed by atoms with E-state index in [2.05, 4.69) is 0 Å². The zero-order valence-electron chi connectivity index (χ0n) is 15.5. The first kappa shape index (κ1) is 22.8. The molecule has 0 heterocycles. The SMILES string of the molecule is Cc1cccc(COC(=O)CCCCCN)c1.O=S(=O)(O)c1ccccc1. The molecule has 0 saturated carbocycles. The molecule has 0 aliphatic rings. The molecule has 3 N–H and O–H groups in total. The molecule has 0 aromatic heterocycles. The van der Waals surface area contributed by atoms with Gasteiger partial charge < -0.3 is 10.5 Å². The van der Waals surface area contributed by atoms with Gasteiger partial charge in [0, 0.05) is 6.42 Å². The minimum absolute atomic E-state index is 0.0741. The molecule has 148 valence electrons. The van der Waals surface area contributed by atoms with E-state index in [0.717, 1.165) is 24.8 Å².